The molecule has 0 aromatic heterocycles. The molecule has 2 unspecified atom stereocenters. The standard InChI is InChI=1S/C78H152O17P2/c1-7-9-11-13-15-17-19-21-22-23-24-25-31-35-39-43-51-57-63-77(82)94-73(66-88-75(80)60-54-48-41-37-33-30-27-26-29-32-36-40-46-52-58-70(3)4)68-92-96(84,85)90-64-72(79)65-91-97(86,87)93-69-74(67-89-76(81)61-55-49-45-44-47-53-59-71(5)6)95-78(83)62-56-50-42-38-34-28-20-18-16-14-12-10-8-2/h70-74,79H,7-69H2,1-6H3,(H,84,85)(H,86,87)/t72-,73-,74-/m1/s1. The zero-order valence-corrected chi connectivity index (χ0v) is 65.2. The molecular weight excluding hydrogens is 1270 g/mol. The Kier molecular flexibility index (Phi) is 68.4. The summed E-state index contributed by atoms with van der Waals surface area (Å²) < 4.78 is 68.6. The van der Waals surface area contributed by atoms with E-state index in [1.54, 1.807) is 0 Å². The zero-order valence-electron chi connectivity index (χ0n) is 63.4. The van der Waals surface area contributed by atoms with Crippen LogP contribution >= 0.6 is 15.6 Å². The van der Waals surface area contributed by atoms with Gasteiger partial charge in [-0.3, -0.25) is 37.3 Å². The molecule has 17 nitrogen and oxygen atoms in total. The molecule has 0 bridgehead atoms. The third kappa shape index (κ3) is 72.2. The van der Waals surface area contributed by atoms with Crippen LogP contribution in [0.2, 0.25) is 0 Å². The van der Waals surface area contributed by atoms with Gasteiger partial charge in [-0.05, 0) is 37.5 Å². The molecule has 0 amide bonds. The summed E-state index contributed by atoms with van der Waals surface area (Å²) in [6.07, 6.45) is 58.4. The van der Waals surface area contributed by atoms with E-state index in [1.165, 1.54) is 218 Å². The fourth-order valence-electron chi connectivity index (χ4n) is 12.0. The Bertz CT molecular complexity index is 1870. The molecule has 0 aliphatic heterocycles. The van der Waals surface area contributed by atoms with E-state index in [-0.39, 0.29) is 25.7 Å². The predicted molar refractivity (Wildman–Crippen MR) is 395 cm³/mol. The number of aliphatic hydroxyl groups is 1. The van der Waals surface area contributed by atoms with Crippen molar-refractivity contribution in [1.29, 1.82) is 0 Å². The first-order valence-electron chi connectivity index (χ1n) is 40.5. The van der Waals surface area contributed by atoms with Gasteiger partial charge in [-0.1, -0.05) is 356 Å². The maximum Gasteiger partial charge on any atom is 0.472 e. The van der Waals surface area contributed by atoms with Gasteiger partial charge >= 0.3 is 39.5 Å². The maximum atomic E-state index is 13.1. The minimum Gasteiger partial charge on any atom is -0.462 e. The van der Waals surface area contributed by atoms with Crippen LogP contribution in [-0.4, -0.2) is 96.7 Å². The maximum absolute atomic E-state index is 13.1. The Morgan fingerprint density at radius 1 is 0.278 bits per heavy atom. The summed E-state index contributed by atoms with van der Waals surface area (Å²) in [7, 11) is -9.91. The highest BCUT2D eigenvalue weighted by Gasteiger charge is 2.30. The van der Waals surface area contributed by atoms with E-state index in [1.807, 2.05) is 0 Å². The van der Waals surface area contributed by atoms with Crippen LogP contribution in [0, 0.1) is 11.8 Å². The molecule has 97 heavy (non-hydrogen) atoms. The van der Waals surface area contributed by atoms with Gasteiger partial charge in [0.15, 0.2) is 12.2 Å². The number of phosphoric acid groups is 2. The van der Waals surface area contributed by atoms with Crippen molar-refractivity contribution in [2.24, 2.45) is 11.8 Å². The summed E-state index contributed by atoms with van der Waals surface area (Å²) in [6, 6.07) is 0. The molecule has 0 aliphatic rings. The molecule has 0 spiro atoms. The first-order valence-corrected chi connectivity index (χ1v) is 43.5. The second-order valence-electron chi connectivity index (χ2n) is 29.1. The van der Waals surface area contributed by atoms with E-state index in [9.17, 15) is 43.2 Å². The van der Waals surface area contributed by atoms with Crippen molar-refractivity contribution in [3.05, 3.63) is 0 Å². The molecule has 0 saturated heterocycles. The number of hydrogen-bond acceptors (Lipinski definition) is 15. The molecule has 0 aromatic rings. The van der Waals surface area contributed by atoms with Gasteiger partial charge in [0.2, 0.25) is 0 Å². The summed E-state index contributed by atoms with van der Waals surface area (Å²) in [5, 5.41) is 10.6. The Labute approximate surface area is 594 Å². The van der Waals surface area contributed by atoms with Crippen LogP contribution < -0.4 is 0 Å². The zero-order chi connectivity index (χ0) is 71.4. The van der Waals surface area contributed by atoms with Crippen molar-refractivity contribution in [2.75, 3.05) is 39.6 Å². The third-order valence-electron chi connectivity index (χ3n) is 18.2. The average molecular weight is 1420 g/mol. The highest BCUT2D eigenvalue weighted by atomic mass is 31.2. The van der Waals surface area contributed by atoms with Gasteiger partial charge in [0, 0.05) is 25.7 Å². The number of unbranched alkanes of at least 4 members (excludes halogenated alkanes) is 47. The van der Waals surface area contributed by atoms with Gasteiger partial charge in [-0.25, -0.2) is 9.13 Å². The second-order valence-corrected chi connectivity index (χ2v) is 32.0. The monoisotopic (exact) mass is 1420 g/mol. The number of rotatable bonds is 77. The van der Waals surface area contributed by atoms with Gasteiger partial charge in [-0.2, -0.15) is 0 Å². The van der Waals surface area contributed by atoms with Crippen molar-refractivity contribution >= 4 is 39.5 Å². The van der Waals surface area contributed by atoms with E-state index < -0.39 is 97.5 Å². The van der Waals surface area contributed by atoms with E-state index in [0.29, 0.717) is 31.6 Å². The molecular formula is C78H152O17P2. The lowest BCUT2D eigenvalue weighted by molar-refractivity contribution is -0.161. The lowest BCUT2D eigenvalue weighted by Crippen LogP contribution is -2.30. The van der Waals surface area contributed by atoms with Crippen molar-refractivity contribution in [1.82, 2.24) is 0 Å². The smallest absolute Gasteiger partial charge is 0.462 e. The number of esters is 4. The number of carbonyl (C=O) groups is 4. The number of hydrogen-bond donors (Lipinski definition) is 3. The van der Waals surface area contributed by atoms with E-state index in [2.05, 4.69) is 41.5 Å². The van der Waals surface area contributed by atoms with Crippen molar-refractivity contribution in [2.45, 2.75) is 426 Å². The summed E-state index contributed by atoms with van der Waals surface area (Å²) >= 11 is 0. The Morgan fingerprint density at radius 2 is 0.474 bits per heavy atom. The van der Waals surface area contributed by atoms with E-state index >= 15 is 0 Å². The van der Waals surface area contributed by atoms with Crippen LogP contribution in [0.1, 0.15) is 408 Å². The Hall–Kier alpha value is -1.94. The molecule has 0 fully saturated rings. The van der Waals surface area contributed by atoms with Crippen molar-refractivity contribution in [3.63, 3.8) is 0 Å². The fourth-order valence-corrected chi connectivity index (χ4v) is 13.6. The molecule has 5 atom stereocenters. The highest BCUT2D eigenvalue weighted by molar-refractivity contribution is 7.47. The van der Waals surface area contributed by atoms with Gasteiger partial charge < -0.3 is 33.8 Å². The van der Waals surface area contributed by atoms with E-state index in [4.69, 9.17) is 37.0 Å². The van der Waals surface area contributed by atoms with Crippen LogP contribution in [-0.2, 0) is 65.4 Å². The molecule has 0 saturated carbocycles. The molecule has 0 aromatic carbocycles. The van der Waals surface area contributed by atoms with Gasteiger partial charge in [0.05, 0.1) is 26.4 Å². The molecule has 19 heteroatoms. The minimum atomic E-state index is -4.96. The molecule has 0 aliphatic carbocycles. The SMILES string of the molecule is CCCCCCCCCCCCCCCCCCCCC(=O)O[C@H](COC(=O)CCCCCCCCCCCCCCCCC(C)C)COP(=O)(O)OC[C@@H](O)COP(=O)(O)OC[C@@H](COC(=O)CCCCCCCCC(C)C)OC(=O)CCCCCCCCCCCCCCC. The summed E-state index contributed by atoms with van der Waals surface area (Å²) in [5.41, 5.74) is 0. The predicted octanol–water partition coefficient (Wildman–Crippen LogP) is 23.1. The summed E-state index contributed by atoms with van der Waals surface area (Å²) in [5.74, 6) is -0.634. The molecule has 3 N–H and O–H groups in total. The number of phosphoric ester groups is 2. The van der Waals surface area contributed by atoms with Crippen LogP contribution in [0.15, 0.2) is 0 Å². The highest BCUT2D eigenvalue weighted by Crippen LogP contribution is 2.45. The Balaban J connectivity index is 5.23. The van der Waals surface area contributed by atoms with Gasteiger partial charge in [-0.15, -0.1) is 0 Å². The quantitative estimate of drug-likeness (QED) is 0.0222. The number of aliphatic hydroxyl groups excluding tert-OH is 1. The largest absolute Gasteiger partial charge is 0.472 e. The van der Waals surface area contributed by atoms with Crippen LogP contribution in [0.4, 0.5) is 0 Å². The number of carbonyl (C=O) groups excluding carboxylic acids is 4. The lowest BCUT2D eigenvalue weighted by atomic mass is 10.0. The van der Waals surface area contributed by atoms with Crippen LogP contribution in [0.5, 0.6) is 0 Å². The van der Waals surface area contributed by atoms with E-state index in [0.717, 1.165) is 102 Å². The van der Waals surface area contributed by atoms with Crippen LogP contribution in [0.3, 0.4) is 0 Å². The van der Waals surface area contributed by atoms with Gasteiger partial charge in [0.1, 0.15) is 19.3 Å². The molecule has 576 valence electrons. The number of ether oxygens (including phenoxy) is 4. The Morgan fingerprint density at radius 3 is 0.701 bits per heavy atom. The topological polar surface area (TPSA) is 237 Å². The molecule has 0 rings (SSSR count). The van der Waals surface area contributed by atoms with Gasteiger partial charge in [0.25, 0.3) is 0 Å². The third-order valence-corrected chi connectivity index (χ3v) is 20.1. The fraction of sp³-hybridized carbons (Fsp3) is 0.949. The first kappa shape index (κ1) is 95.1. The summed E-state index contributed by atoms with van der Waals surface area (Å²) in [4.78, 5) is 72.9. The van der Waals surface area contributed by atoms with Crippen LogP contribution in [0.25, 0.3) is 0 Å². The average Bonchev–Trinajstić information content (AvgIpc) is 1.80. The first-order chi connectivity index (χ1) is 46.9. The van der Waals surface area contributed by atoms with Crippen molar-refractivity contribution < 1.29 is 80.2 Å². The lowest BCUT2D eigenvalue weighted by Gasteiger charge is -2.21. The minimum absolute atomic E-state index is 0.107. The molecule has 0 radical (unpaired) electrons. The molecule has 0 heterocycles. The second kappa shape index (κ2) is 69.8. The normalized spacial score (nSPS) is 14.0. The summed E-state index contributed by atoms with van der Waals surface area (Å²) in [6.45, 7) is 9.56. The van der Waals surface area contributed by atoms with Crippen molar-refractivity contribution in [3.8, 4) is 0 Å².